The van der Waals surface area contributed by atoms with Crippen molar-refractivity contribution in [3.05, 3.63) is 41.1 Å². The number of hydrogen-bond acceptors (Lipinski definition) is 4. The first-order valence-corrected chi connectivity index (χ1v) is 8.29. The fourth-order valence-electron chi connectivity index (χ4n) is 1.70. The minimum atomic E-state index is -3.07. The van der Waals surface area contributed by atoms with E-state index >= 15 is 0 Å². The van der Waals surface area contributed by atoms with Crippen molar-refractivity contribution in [1.29, 1.82) is 0 Å². The lowest BCUT2D eigenvalue weighted by Crippen LogP contribution is -2.19. The van der Waals surface area contributed by atoms with E-state index in [-0.39, 0.29) is 0 Å². The van der Waals surface area contributed by atoms with Gasteiger partial charge in [0.2, 0.25) is 0 Å². The molecular formula is C13H17O3PS. The van der Waals surface area contributed by atoms with E-state index in [0.717, 1.165) is 9.80 Å². The van der Waals surface area contributed by atoms with Gasteiger partial charge in [-0.2, -0.15) is 0 Å². The van der Waals surface area contributed by atoms with Gasteiger partial charge in [-0.1, -0.05) is 30.0 Å². The lowest BCUT2D eigenvalue weighted by Gasteiger charge is -2.22. The Bertz CT molecular complexity index is 496. The molecule has 0 saturated heterocycles. The second-order valence-corrected chi connectivity index (χ2v) is 7.36. The van der Waals surface area contributed by atoms with E-state index in [9.17, 15) is 4.57 Å². The third-order valence-corrected chi connectivity index (χ3v) is 5.92. The lowest BCUT2D eigenvalue weighted by atomic mass is 10.1. The van der Waals surface area contributed by atoms with E-state index in [0.29, 0.717) is 6.61 Å². The summed E-state index contributed by atoms with van der Waals surface area (Å²) in [7, 11) is -3.07. The van der Waals surface area contributed by atoms with E-state index in [1.165, 1.54) is 0 Å². The van der Waals surface area contributed by atoms with Gasteiger partial charge in [0.15, 0.2) is 0 Å². The molecule has 0 saturated carbocycles. The van der Waals surface area contributed by atoms with Gasteiger partial charge in [-0.3, -0.25) is 9.09 Å². The Morgan fingerprint density at radius 1 is 1.33 bits per heavy atom. The summed E-state index contributed by atoms with van der Waals surface area (Å²) in [5, 5.41) is 0. The summed E-state index contributed by atoms with van der Waals surface area (Å²) < 4.78 is 23.1. The van der Waals surface area contributed by atoms with Gasteiger partial charge in [0, 0.05) is 15.6 Å². The van der Waals surface area contributed by atoms with Gasteiger partial charge < -0.3 is 4.52 Å². The summed E-state index contributed by atoms with van der Waals surface area (Å²) in [6.07, 6.45) is 0. The molecule has 0 amide bonds. The average molecular weight is 284 g/mol. The first-order chi connectivity index (χ1) is 8.45. The predicted octanol–water partition coefficient (Wildman–Crippen LogP) is 4.66. The van der Waals surface area contributed by atoms with Crippen LogP contribution in [0, 0.1) is 0 Å². The van der Waals surface area contributed by atoms with Gasteiger partial charge in [0.25, 0.3) is 0 Å². The second-order valence-electron chi connectivity index (χ2n) is 4.47. The molecule has 0 spiro atoms. The molecule has 0 aliphatic carbocycles. The Morgan fingerprint density at radius 3 is 2.61 bits per heavy atom. The van der Waals surface area contributed by atoms with Crippen LogP contribution in [0.1, 0.15) is 20.8 Å². The van der Waals surface area contributed by atoms with Crippen molar-refractivity contribution in [1.82, 2.24) is 0 Å². The number of hydrogen-bond donors (Lipinski definition) is 0. The third kappa shape index (κ3) is 3.07. The van der Waals surface area contributed by atoms with E-state index in [4.69, 9.17) is 9.05 Å². The van der Waals surface area contributed by atoms with Gasteiger partial charge in [0.1, 0.15) is 5.60 Å². The molecule has 1 aromatic carbocycles. The van der Waals surface area contributed by atoms with Crippen LogP contribution in [0.4, 0.5) is 0 Å². The maximum atomic E-state index is 12.3. The van der Waals surface area contributed by atoms with Crippen molar-refractivity contribution >= 4 is 19.4 Å². The highest BCUT2D eigenvalue weighted by Crippen LogP contribution is 2.63. The quantitative estimate of drug-likeness (QED) is 0.753. The minimum Gasteiger partial charge on any atom is -0.306 e. The average Bonchev–Trinajstić information content (AvgIpc) is 2.50. The van der Waals surface area contributed by atoms with Crippen LogP contribution in [-0.2, 0) is 13.6 Å². The molecule has 0 bridgehead atoms. The summed E-state index contributed by atoms with van der Waals surface area (Å²) in [5.41, 5.74) is -0.564. The van der Waals surface area contributed by atoms with Crippen molar-refractivity contribution in [3.8, 4) is 0 Å². The number of rotatable bonds is 4. The Hall–Kier alpha value is -0.540. The summed E-state index contributed by atoms with van der Waals surface area (Å²) >= 11 is 1.57. The second kappa shape index (κ2) is 5.22. The molecule has 0 fully saturated rings. The zero-order valence-electron chi connectivity index (χ0n) is 10.8. The highest BCUT2D eigenvalue weighted by molar-refractivity contribution is 8.03. The van der Waals surface area contributed by atoms with E-state index in [1.54, 1.807) is 17.6 Å². The fourth-order valence-corrected chi connectivity index (χ4v) is 5.06. The van der Waals surface area contributed by atoms with Crippen molar-refractivity contribution in [2.75, 3.05) is 6.61 Å². The molecule has 5 heteroatoms. The molecular weight excluding hydrogens is 267 g/mol. The molecule has 2 rings (SSSR count). The Labute approximate surface area is 112 Å². The first-order valence-electron chi connectivity index (χ1n) is 5.86. The molecule has 0 aromatic heterocycles. The Morgan fingerprint density at radius 2 is 2.00 bits per heavy atom. The van der Waals surface area contributed by atoms with E-state index in [2.05, 4.69) is 0 Å². The normalized spacial score (nSPS) is 26.1. The molecule has 3 nitrogen and oxygen atoms in total. The summed E-state index contributed by atoms with van der Waals surface area (Å²) in [4.78, 5) is 2.04. The maximum Gasteiger partial charge on any atom is 0.355 e. The number of benzene rings is 1. The molecule has 98 valence electrons. The molecule has 0 radical (unpaired) electrons. The van der Waals surface area contributed by atoms with Crippen LogP contribution in [0.15, 0.2) is 45.9 Å². The highest BCUT2D eigenvalue weighted by atomic mass is 32.2. The molecule has 1 aromatic rings. The van der Waals surface area contributed by atoms with Crippen LogP contribution in [-0.4, -0.2) is 12.2 Å². The molecule has 1 atom stereocenters. The van der Waals surface area contributed by atoms with Crippen LogP contribution in [0.3, 0.4) is 0 Å². The van der Waals surface area contributed by atoms with Crippen molar-refractivity contribution < 1.29 is 13.6 Å². The van der Waals surface area contributed by atoms with Gasteiger partial charge >= 0.3 is 7.60 Å². The van der Waals surface area contributed by atoms with Crippen LogP contribution >= 0.6 is 19.4 Å². The van der Waals surface area contributed by atoms with E-state index < -0.39 is 13.2 Å². The van der Waals surface area contributed by atoms with E-state index in [1.807, 2.05) is 51.1 Å². The Kier molecular flexibility index (Phi) is 4.02. The maximum absolute atomic E-state index is 12.3. The molecule has 1 heterocycles. The lowest BCUT2D eigenvalue weighted by molar-refractivity contribution is 0.134. The van der Waals surface area contributed by atoms with Gasteiger partial charge in [-0.25, -0.2) is 0 Å². The topological polar surface area (TPSA) is 35.5 Å². The minimum absolute atomic E-state index is 0.382. The smallest absolute Gasteiger partial charge is 0.306 e. The standard InChI is InChI=1S/C13H17O3PS/c1-4-15-17(14)10-12(13(2,3)16-17)18-11-8-6-5-7-9-11/h5-10H,4H2,1-3H3. The summed E-state index contributed by atoms with van der Waals surface area (Å²) in [6.45, 7) is 6.01. The number of thioether (sulfide) groups is 1. The van der Waals surface area contributed by atoms with Gasteiger partial charge in [-0.05, 0) is 32.9 Å². The highest BCUT2D eigenvalue weighted by Gasteiger charge is 2.42. The Balaban J connectivity index is 2.23. The van der Waals surface area contributed by atoms with Crippen LogP contribution in [0.25, 0.3) is 0 Å². The van der Waals surface area contributed by atoms with Gasteiger partial charge in [0.05, 0.1) is 6.61 Å². The molecule has 1 aliphatic rings. The van der Waals surface area contributed by atoms with Gasteiger partial charge in [-0.15, -0.1) is 0 Å². The monoisotopic (exact) mass is 284 g/mol. The van der Waals surface area contributed by atoms with Crippen molar-refractivity contribution in [3.63, 3.8) is 0 Å². The molecule has 1 aliphatic heterocycles. The van der Waals surface area contributed by atoms with Crippen LogP contribution in [0.2, 0.25) is 0 Å². The molecule has 0 N–H and O–H groups in total. The fraction of sp³-hybridized carbons (Fsp3) is 0.385. The zero-order valence-corrected chi connectivity index (χ0v) is 12.5. The van der Waals surface area contributed by atoms with Crippen LogP contribution < -0.4 is 0 Å². The van der Waals surface area contributed by atoms with Crippen LogP contribution in [0.5, 0.6) is 0 Å². The molecule has 1 unspecified atom stereocenters. The predicted molar refractivity (Wildman–Crippen MR) is 74.8 cm³/mol. The SMILES string of the molecule is CCOP1(=O)C=C(Sc2ccccc2)C(C)(C)O1. The van der Waals surface area contributed by atoms with Crippen molar-refractivity contribution in [2.24, 2.45) is 0 Å². The van der Waals surface area contributed by atoms with Crippen molar-refractivity contribution in [2.45, 2.75) is 31.3 Å². The molecule has 18 heavy (non-hydrogen) atoms. The zero-order chi connectivity index (χ0) is 13.2. The third-order valence-electron chi connectivity index (χ3n) is 2.50. The first kappa shape index (κ1) is 13.9. The largest absolute Gasteiger partial charge is 0.355 e. The summed E-state index contributed by atoms with van der Waals surface area (Å²) in [6, 6.07) is 9.97. The summed E-state index contributed by atoms with van der Waals surface area (Å²) in [5.74, 6) is 1.65.